The first-order valence-electron chi connectivity index (χ1n) is 6.77. The molecule has 118 valence electrons. The molecule has 0 spiro atoms. The Morgan fingerprint density at radius 3 is 2.45 bits per heavy atom. The fourth-order valence-corrected chi connectivity index (χ4v) is 2.17. The second-order valence-electron chi connectivity index (χ2n) is 4.89. The predicted octanol–water partition coefficient (Wildman–Crippen LogP) is 5.19. The zero-order chi connectivity index (χ0) is 16.2. The van der Waals surface area contributed by atoms with Gasteiger partial charge in [-0.05, 0) is 42.8 Å². The van der Waals surface area contributed by atoms with Gasteiger partial charge in [0.2, 0.25) is 0 Å². The Morgan fingerprint density at radius 2 is 1.73 bits per heavy atom. The fourth-order valence-electron chi connectivity index (χ4n) is 1.99. The minimum absolute atomic E-state index is 0.444. The van der Waals surface area contributed by atoms with Gasteiger partial charge in [-0.3, -0.25) is 0 Å². The van der Waals surface area contributed by atoms with E-state index in [1.165, 1.54) is 6.07 Å². The topological polar surface area (TPSA) is 24.1 Å². The van der Waals surface area contributed by atoms with Crippen LogP contribution in [-0.4, -0.2) is 13.1 Å². The number of nitrogens with one attached hydrogen (secondary N) is 2. The van der Waals surface area contributed by atoms with Crippen LogP contribution in [0.5, 0.6) is 0 Å². The molecule has 0 heterocycles. The Morgan fingerprint density at radius 1 is 1.00 bits per heavy atom. The van der Waals surface area contributed by atoms with Gasteiger partial charge >= 0.3 is 6.18 Å². The Bertz CT molecular complexity index is 642. The van der Waals surface area contributed by atoms with Gasteiger partial charge in [0.25, 0.3) is 0 Å². The normalized spacial score (nSPS) is 11.3. The minimum Gasteiger partial charge on any atom is -0.383 e. The van der Waals surface area contributed by atoms with Crippen molar-refractivity contribution < 1.29 is 13.2 Å². The molecule has 0 fully saturated rings. The maximum Gasteiger partial charge on any atom is 0.416 e. The van der Waals surface area contributed by atoms with E-state index in [9.17, 15) is 13.2 Å². The average Bonchev–Trinajstić information content (AvgIpc) is 2.46. The van der Waals surface area contributed by atoms with Crippen LogP contribution in [0.15, 0.2) is 42.5 Å². The molecule has 6 heteroatoms. The molecular weight excluding hydrogens is 313 g/mol. The van der Waals surface area contributed by atoms with Gasteiger partial charge in [0.05, 0.1) is 5.56 Å². The van der Waals surface area contributed by atoms with Crippen molar-refractivity contribution in [2.24, 2.45) is 0 Å². The number of anilines is 2. The molecule has 2 aromatic carbocycles. The maximum absolute atomic E-state index is 12.6. The van der Waals surface area contributed by atoms with E-state index >= 15 is 0 Å². The van der Waals surface area contributed by atoms with Gasteiger partial charge in [-0.25, -0.2) is 0 Å². The van der Waals surface area contributed by atoms with E-state index in [-0.39, 0.29) is 0 Å². The number of hydrogen-bond acceptors (Lipinski definition) is 2. The highest BCUT2D eigenvalue weighted by Crippen LogP contribution is 2.30. The Kier molecular flexibility index (Phi) is 5.19. The van der Waals surface area contributed by atoms with E-state index in [2.05, 4.69) is 10.6 Å². The summed E-state index contributed by atoms with van der Waals surface area (Å²) < 4.78 is 37.8. The molecule has 0 aliphatic heterocycles. The van der Waals surface area contributed by atoms with E-state index < -0.39 is 11.7 Å². The first kappa shape index (κ1) is 16.5. The molecule has 0 radical (unpaired) electrons. The lowest BCUT2D eigenvalue weighted by atomic mass is 10.2. The average molecular weight is 329 g/mol. The largest absolute Gasteiger partial charge is 0.416 e. The molecule has 0 aliphatic carbocycles. The summed E-state index contributed by atoms with van der Waals surface area (Å²) in [4.78, 5) is 0. The molecule has 2 rings (SSSR count). The van der Waals surface area contributed by atoms with Crippen LogP contribution >= 0.6 is 11.6 Å². The van der Waals surface area contributed by atoms with Crippen molar-refractivity contribution in [2.75, 3.05) is 23.7 Å². The first-order chi connectivity index (χ1) is 10.4. The van der Waals surface area contributed by atoms with Crippen molar-refractivity contribution in [2.45, 2.75) is 13.1 Å². The van der Waals surface area contributed by atoms with Crippen LogP contribution in [0, 0.1) is 6.92 Å². The summed E-state index contributed by atoms with van der Waals surface area (Å²) in [5.41, 5.74) is 1.76. The zero-order valence-corrected chi connectivity index (χ0v) is 12.7. The van der Waals surface area contributed by atoms with Crippen LogP contribution in [-0.2, 0) is 6.18 Å². The van der Waals surface area contributed by atoms with E-state index in [0.717, 1.165) is 23.4 Å². The summed E-state index contributed by atoms with van der Waals surface area (Å²) in [6.07, 6.45) is -4.33. The van der Waals surface area contributed by atoms with Crippen LogP contribution in [0.3, 0.4) is 0 Å². The van der Waals surface area contributed by atoms with Crippen molar-refractivity contribution in [1.29, 1.82) is 0 Å². The second-order valence-corrected chi connectivity index (χ2v) is 5.33. The number of rotatable bonds is 5. The molecule has 2 N–H and O–H groups in total. The van der Waals surface area contributed by atoms with Crippen molar-refractivity contribution in [3.05, 3.63) is 58.6 Å². The molecule has 0 atom stereocenters. The van der Waals surface area contributed by atoms with Crippen LogP contribution in [0.4, 0.5) is 24.5 Å². The molecule has 2 nitrogen and oxygen atoms in total. The number of aryl methyl sites for hydroxylation is 1. The van der Waals surface area contributed by atoms with E-state index in [4.69, 9.17) is 11.6 Å². The van der Waals surface area contributed by atoms with E-state index in [0.29, 0.717) is 23.8 Å². The van der Waals surface area contributed by atoms with Crippen molar-refractivity contribution in [1.82, 2.24) is 0 Å². The lowest BCUT2D eigenvalue weighted by molar-refractivity contribution is -0.137. The highest BCUT2D eigenvalue weighted by Gasteiger charge is 2.30. The molecule has 0 unspecified atom stereocenters. The van der Waals surface area contributed by atoms with Gasteiger partial charge in [-0.15, -0.1) is 0 Å². The molecular formula is C16H16ClF3N2. The predicted molar refractivity (Wildman–Crippen MR) is 84.6 cm³/mol. The van der Waals surface area contributed by atoms with Crippen molar-refractivity contribution in [3.63, 3.8) is 0 Å². The highest BCUT2D eigenvalue weighted by molar-refractivity contribution is 6.30. The first-order valence-corrected chi connectivity index (χ1v) is 7.15. The number of halogens is 4. The van der Waals surface area contributed by atoms with Gasteiger partial charge in [0, 0.05) is 29.5 Å². The fraction of sp³-hybridized carbons (Fsp3) is 0.250. The third-order valence-electron chi connectivity index (χ3n) is 3.16. The van der Waals surface area contributed by atoms with Crippen LogP contribution in [0.25, 0.3) is 0 Å². The van der Waals surface area contributed by atoms with Crippen LogP contribution in [0.1, 0.15) is 11.1 Å². The number of benzene rings is 2. The third-order valence-corrected chi connectivity index (χ3v) is 3.39. The standard InChI is InChI=1S/C16H16ClF3N2/c1-11-5-6-13(17)10-15(11)22-8-7-21-14-4-2-3-12(9-14)16(18,19)20/h2-6,9-10,21-22H,7-8H2,1H3. The lowest BCUT2D eigenvalue weighted by Crippen LogP contribution is -2.14. The quantitative estimate of drug-likeness (QED) is 0.738. The van der Waals surface area contributed by atoms with Gasteiger partial charge < -0.3 is 10.6 Å². The molecule has 22 heavy (non-hydrogen) atoms. The molecule has 0 bridgehead atoms. The highest BCUT2D eigenvalue weighted by atomic mass is 35.5. The summed E-state index contributed by atoms with van der Waals surface area (Å²) in [6, 6.07) is 10.7. The SMILES string of the molecule is Cc1ccc(Cl)cc1NCCNc1cccc(C(F)(F)F)c1. The lowest BCUT2D eigenvalue weighted by Gasteiger charge is -2.13. The smallest absolute Gasteiger partial charge is 0.383 e. The molecule has 2 aromatic rings. The molecule has 0 aromatic heterocycles. The third kappa shape index (κ3) is 4.56. The summed E-state index contributed by atoms with van der Waals surface area (Å²) in [5.74, 6) is 0. The minimum atomic E-state index is -4.33. The molecule has 0 aliphatic rings. The van der Waals surface area contributed by atoms with E-state index in [1.54, 1.807) is 6.07 Å². The Balaban J connectivity index is 1.88. The molecule has 0 saturated heterocycles. The second kappa shape index (κ2) is 6.92. The summed E-state index contributed by atoms with van der Waals surface area (Å²) in [5, 5.41) is 6.80. The summed E-state index contributed by atoms with van der Waals surface area (Å²) in [6.45, 7) is 3.02. The van der Waals surface area contributed by atoms with Gasteiger partial charge in [0.15, 0.2) is 0 Å². The van der Waals surface area contributed by atoms with Gasteiger partial charge in [-0.1, -0.05) is 23.7 Å². The zero-order valence-electron chi connectivity index (χ0n) is 12.0. The Hall–Kier alpha value is -1.88. The molecule has 0 saturated carbocycles. The van der Waals surface area contributed by atoms with Crippen LogP contribution in [0.2, 0.25) is 5.02 Å². The molecule has 0 amide bonds. The van der Waals surface area contributed by atoms with Crippen molar-refractivity contribution >= 4 is 23.0 Å². The Labute approximate surface area is 132 Å². The van der Waals surface area contributed by atoms with Crippen molar-refractivity contribution in [3.8, 4) is 0 Å². The van der Waals surface area contributed by atoms with E-state index in [1.807, 2.05) is 25.1 Å². The summed E-state index contributed by atoms with van der Waals surface area (Å²) in [7, 11) is 0. The van der Waals surface area contributed by atoms with Crippen LogP contribution < -0.4 is 10.6 Å². The number of alkyl halides is 3. The van der Waals surface area contributed by atoms with Gasteiger partial charge in [0.1, 0.15) is 0 Å². The summed E-state index contributed by atoms with van der Waals surface area (Å²) >= 11 is 5.92. The monoisotopic (exact) mass is 328 g/mol. The maximum atomic E-state index is 12.6. The number of hydrogen-bond donors (Lipinski definition) is 2. The van der Waals surface area contributed by atoms with Gasteiger partial charge in [-0.2, -0.15) is 13.2 Å².